The third-order valence-electron chi connectivity index (χ3n) is 4.06. The van der Waals surface area contributed by atoms with Crippen LogP contribution in [0.4, 0.5) is 11.5 Å². The summed E-state index contributed by atoms with van der Waals surface area (Å²) in [6.45, 7) is 2.01. The lowest BCUT2D eigenvalue weighted by Gasteiger charge is -2.23. The van der Waals surface area contributed by atoms with E-state index in [9.17, 15) is 9.90 Å². The van der Waals surface area contributed by atoms with E-state index in [2.05, 4.69) is 4.98 Å². The molecule has 4 heteroatoms. The summed E-state index contributed by atoms with van der Waals surface area (Å²) in [6, 6.07) is 9.71. The van der Waals surface area contributed by atoms with E-state index in [0.717, 1.165) is 41.8 Å². The number of anilines is 2. The van der Waals surface area contributed by atoms with Gasteiger partial charge in [0.05, 0.1) is 0 Å². The summed E-state index contributed by atoms with van der Waals surface area (Å²) in [5.41, 5.74) is 4.47. The topological polar surface area (TPSA) is 53.4 Å². The number of pyridine rings is 1. The zero-order valence-electron chi connectivity index (χ0n) is 12.3. The van der Waals surface area contributed by atoms with Gasteiger partial charge in [-0.2, -0.15) is 0 Å². The molecule has 1 N–H and O–H groups in total. The molecule has 2 aromatic rings. The molecular formula is C17H18N2O2. The van der Waals surface area contributed by atoms with Crippen LogP contribution in [0.5, 0.6) is 0 Å². The van der Waals surface area contributed by atoms with E-state index in [1.54, 1.807) is 6.07 Å². The molecular weight excluding hydrogens is 264 g/mol. The number of hydrogen-bond donors (Lipinski definition) is 1. The standard InChI is InChI=1S/C17H18N2O2/c1-11-6-3-4-9-15(11)19(2)16-13(17(20)21)10-12-7-5-8-14(12)18-16/h3-4,6,9-10H,5,7-8H2,1-2H3,(H,20,21). The van der Waals surface area contributed by atoms with Crippen LogP contribution >= 0.6 is 0 Å². The summed E-state index contributed by atoms with van der Waals surface area (Å²) in [5.74, 6) is -0.398. The number of para-hydroxylation sites is 1. The van der Waals surface area contributed by atoms with Gasteiger partial charge in [-0.1, -0.05) is 18.2 Å². The second-order valence-electron chi connectivity index (χ2n) is 5.47. The lowest BCUT2D eigenvalue weighted by Crippen LogP contribution is -2.18. The number of carboxylic acid groups (broad SMARTS) is 1. The van der Waals surface area contributed by atoms with Gasteiger partial charge in [-0.15, -0.1) is 0 Å². The minimum atomic E-state index is -0.923. The molecule has 1 aromatic carbocycles. The first kappa shape index (κ1) is 13.6. The predicted octanol–water partition coefficient (Wildman–Crippen LogP) is 3.34. The third kappa shape index (κ3) is 2.37. The summed E-state index contributed by atoms with van der Waals surface area (Å²) in [7, 11) is 1.87. The number of rotatable bonds is 3. The van der Waals surface area contributed by atoms with Crippen LogP contribution < -0.4 is 4.90 Å². The van der Waals surface area contributed by atoms with Crippen molar-refractivity contribution in [3.63, 3.8) is 0 Å². The monoisotopic (exact) mass is 282 g/mol. The van der Waals surface area contributed by atoms with E-state index in [-0.39, 0.29) is 5.56 Å². The van der Waals surface area contributed by atoms with Gasteiger partial charge in [-0.25, -0.2) is 9.78 Å². The highest BCUT2D eigenvalue weighted by atomic mass is 16.4. The molecule has 4 nitrogen and oxygen atoms in total. The minimum absolute atomic E-state index is 0.279. The van der Waals surface area contributed by atoms with Crippen LogP contribution in [0, 0.1) is 6.92 Å². The number of fused-ring (bicyclic) bond motifs is 1. The van der Waals surface area contributed by atoms with E-state index < -0.39 is 5.97 Å². The van der Waals surface area contributed by atoms with Crippen LogP contribution in [0.25, 0.3) is 0 Å². The fourth-order valence-corrected chi connectivity index (χ4v) is 2.93. The van der Waals surface area contributed by atoms with E-state index in [0.29, 0.717) is 5.82 Å². The Bertz CT molecular complexity index is 710. The minimum Gasteiger partial charge on any atom is -0.478 e. The number of carboxylic acids is 1. The van der Waals surface area contributed by atoms with E-state index in [1.807, 2.05) is 43.1 Å². The van der Waals surface area contributed by atoms with Crippen molar-refractivity contribution < 1.29 is 9.90 Å². The van der Waals surface area contributed by atoms with Crippen LogP contribution in [0.3, 0.4) is 0 Å². The summed E-state index contributed by atoms with van der Waals surface area (Å²) in [4.78, 5) is 18.1. The van der Waals surface area contributed by atoms with Gasteiger partial charge in [0, 0.05) is 18.4 Å². The van der Waals surface area contributed by atoms with Crippen LogP contribution in [0.2, 0.25) is 0 Å². The molecule has 0 aliphatic heterocycles. The van der Waals surface area contributed by atoms with Crippen molar-refractivity contribution in [1.29, 1.82) is 0 Å². The Balaban J connectivity index is 2.13. The Morgan fingerprint density at radius 3 is 2.76 bits per heavy atom. The van der Waals surface area contributed by atoms with Crippen molar-refractivity contribution in [1.82, 2.24) is 4.98 Å². The molecule has 0 unspecified atom stereocenters. The van der Waals surface area contributed by atoms with Gasteiger partial charge in [0.15, 0.2) is 0 Å². The third-order valence-corrected chi connectivity index (χ3v) is 4.06. The molecule has 0 bridgehead atoms. The summed E-state index contributed by atoms with van der Waals surface area (Å²) in [5, 5.41) is 9.50. The molecule has 1 aliphatic rings. The first-order valence-electron chi connectivity index (χ1n) is 7.13. The predicted molar refractivity (Wildman–Crippen MR) is 82.5 cm³/mol. The average Bonchev–Trinajstić information content (AvgIpc) is 2.93. The lowest BCUT2D eigenvalue weighted by molar-refractivity contribution is 0.0697. The van der Waals surface area contributed by atoms with Crippen LogP contribution in [-0.2, 0) is 12.8 Å². The Labute approximate surface area is 124 Å². The molecule has 1 aliphatic carbocycles. The molecule has 1 heterocycles. The van der Waals surface area contributed by atoms with Crippen LogP contribution in [0.1, 0.15) is 33.6 Å². The molecule has 108 valence electrons. The van der Waals surface area contributed by atoms with Gasteiger partial charge in [-0.05, 0) is 49.4 Å². The van der Waals surface area contributed by atoms with Gasteiger partial charge in [0.1, 0.15) is 11.4 Å². The molecule has 21 heavy (non-hydrogen) atoms. The number of benzene rings is 1. The van der Waals surface area contributed by atoms with Gasteiger partial charge in [0.2, 0.25) is 0 Å². The Hall–Kier alpha value is -2.36. The fraction of sp³-hybridized carbons (Fsp3) is 0.294. The van der Waals surface area contributed by atoms with Crippen LogP contribution in [0.15, 0.2) is 30.3 Å². The highest BCUT2D eigenvalue weighted by Gasteiger charge is 2.22. The number of aromatic carboxylic acids is 1. The van der Waals surface area contributed by atoms with Gasteiger partial charge < -0.3 is 10.0 Å². The second-order valence-corrected chi connectivity index (χ2v) is 5.47. The van der Waals surface area contributed by atoms with Crippen LogP contribution in [-0.4, -0.2) is 23.1 Å². The molecule has 0 radical (unpaired) electrons. The Morgan fingerprint density at radius 2 is 2.05 bits per heavy atom. The number of carbonyl (C=O) groups is 1. The first-order valence-corrected chi connectivity index (χ1v) is 7.13. The lowest BCUT2D eigenvalue weighted by atomic mass is 10.1. The van der Waals surface area contributed by atoms with E-state index in [1.165, 1.54) is 0 Å². The Morgan fingerprint density at radius 1 is 1.29 bits per heavy atom. The fourth-order valence-electron chi connectivity index (χ4n) is 2.93. The molecule has 1 aromatic heterocycles. The van der Waals surface area contributed by atoms with E-state index >= 15 is 0 Å². The normalized spacial score (nSPS) is 13.0. The van der Waals surface area contributed by atoms with Crippen molar-refractivity contribution in [2.24, 2.45) is 0 Å². The van der Waals surface area contributed by atoms with Gasteiger partial charge in [-0.3, -0.25) is 0 Å². The zero-order chi connectivity index (χ0) is 15.0. The largest absolute Gasteiger partial charge is 0.478 e. The smallest absolute Gasteiger partial charge is 0.339 e. The quantitative estimate of drug-likeness (QED) is 0.938. The zero-order valence-corrected chi connectivity index (χ0v) is 12.3. The first-order chi connectivity index (χ1) is 10.1. The molecule has 0 fully saturated rings. The number of nitrogens with zero attached hydrogens (tertiary/aromatic N) is 2. The molecule has 3 rings (SSSR count). The molecule has 0 spiro atoms. The van der Waals surface area contributed by atoms with Crippen molar-refractivity contribution in [2.45, 2.75) is 26.2 Å². The number of aromatic nitrogens is 1. The maximum absolute atomic E-state index is 11.6. The summed E-state index contributed by atoms with van der Waals surface area (Å²) < 4.78 is 0. The van der Waals surface area contributed by atoms with E-state index in [4.69, 9.17) is 0 Å². The van der Waals surface area contributed by atoms with Crippen molar-refractivity contribution in [3.8, 4) is 0 Å². The van der Waals surface area contributed by atoms with Gasteiger partial charge in [0.25, 0.3) is 0 Å². The molecule has 0 atom stereocenters. The molecule has 0 amide bonds. The van der Waals surface area contributed by atoms with Crippen molar-refractivity contribution in [2.75, 3.05) is 11.9 Å². The van der Waals surface area contributed by atoms with Crippen molar-refractivity contribution in [3.05, 3.63) is 52.7 Å². The average molecular weight is 282 g/mol. The summed E-state index contributed by atoms with van der Waals surface area (Å²) in [6.07, 6.45) is 2.92. The molecule has 0 saturated heterocycles. The highest BCUT2D eigenvalue weighted by molar-refractivity contribution is 5.94. The highest BCUT2D eigenvalue weighted by Crippen LogP contribution is 2.31. The maximum Gasteiger partial charge on any atom is 0.339 e. The Kier molecular flexibility index (Phi) is 3.37. The van der Waals surface area contributed by atoms with Gasteiger partial charge >= 0.3 is 5.97 Å². The second kappa shape index (κ2) is 5.20. The number of hydrogen-bond acceptors (Lipinski definition) is 3. The number of aryl methyl sites for hydroxylation is 3. The SMILES string of the molecule is Cc1ccccc1N(C)c1nc2c(cc1C(=O)O)CCC2. The maximum atomic E-state index is 11.6. The summed E-state index contributed by atoms with van der Waals surface area (Å²) >= 11 is 0. The van der Waals surface area contributed by atoms with Crippen molar-refractivity contribution >= 4 is 17.5 Å². The molecule has 0 saturated carbocycles.